The molecule has 0 fully saturated rings. The van der Waals surface area contributed by atoms with Crippen LogP contribution in [0.1, 0.15) is 18.1 Å². The Morgan fingerprint density at radius 2 is 1.96 bits per heavy atom. The summed E-state index contributed by atoms with van der Waals surface area (Å²) in [4.78, 5) is 6.31. The maximum absolute atomic E-state index is 9.31. The first-order valence-electron chi connectivity index (χ1n) is 7.78. The van der Waals surface area contributed by atoms with Gasteiger partial charge in [0.1, 0.15) is 0 Å². The molecule has 1 N–H and O–H groups in total. The highest BCUT2D eigenvalue weighted by Crippen LogP contribution is 2.28. The lowest BCUT2D eigenvalue weighted by Gasteiger charge is -2.22. The van der Waals surface area contributed by atoms with E-state index >= 15 is 0 Å². The summed E-state index contributed by atoms with van der Waals surface area (Å²) in [5.74, 6) is 1.48. The summed E-state index contributed by atoms with van der Waals surface area (Å²) in [6, 6.07) is 9.90. The number of aliphatic hydroxyl groups excluding tert-OH is 1. The predicted molar refractivity (Wildman–Crippen MR) is 89.6 cm³/mol. The molecular formula is C18H24N2O3. The molecule has 23 heavy (non-hydrogen) atoms. The Morgan fingerprint density at radius 1 is 1.13 bits per heavy atom. The Bertz CT molecular complexity index is 590. The third kappa shape index (κ3) is 5.23. The zero-order valence-electron chi connectivity index (χ0n) is 13.7. The van der Waals surface area contributed by atoms with Crippen LogP contribution in [0.3, 0.4) is 0 Å². The van der Waals surface area contributed by atoms with E-state index in [1.165, 1.54) is 0 Å². The lowest BCUT2D eigenvalue weighted by molar-refractivity contribution is 0.184. The molecule has 5 nitrogen and oxygen atoms in total. The van der Waals surface area contributed by atoms with Gasteiger partial charge in [-0.2, -0.15) is 0 Å². The number of ether oxygens (including phenoxy) is 2. The molecule has 2 rings (SSSR count). The van der Waals surface area contributed by atoms with Crippen molar-refractivity contribution in [2.75, 3.05) is 26.9 Å². The van der Waals surface area contributed by atoms with Crippen molar-refractivity contribution in [1.82, 2.24) is 9.88 Å². The van der Waals surface area contributed by atoms with Crippen molar-refractivity contribution >= 4 is 0 Å². The highest BCUT2D eigenvalue weighted by atomic mass is 16.5. The zero-order valence-corrected chi connectivity index (χ0v) is 13.7. The standard InChI is InChI=1S/C18H24N2O3/c1-3-23-17-7-6-15(11-18(17)22-2)13-20(9-10-21)14-16-5-4-8-19-12-16/h4-8,11-12,21H,3,9-10,13-14H2,1-2H3. The lowest BCUT2D eigenvalue weighted by atomic mass is 10.1. The summed E-state index contributed by atoms with van der Waals surface area (Å²) in [5, 5.41) is 9.31. The quantitative estimate of drug-likeness (QED) is 0.770. The second-order valence-corrected chi connectivity index (χ2v) is 5.21. The van der Waals surface area contributed by atoms with Crippen molar-refractivity contribution in [2.45, 2.75) is 20.0 Å². The van der Waals surface area contributed by atoms with E-state index in [1.807, 2.05) is 43.5 Å². The first kappa shape index (κ1) is 17.2. The minimum absolute atomic E-state index is 0.119. The number of hydrogen-bond donors (Lipinski definition) is 1. The van der Waals surface area contributed by atoms with Crippen molar-refractivity contribution in [3.05, 3.63) is 53.9 Å². The third-order valence-corrected chi connectivity index (χ3v) is 3.48. The second-order valence-electron chi connectivity index (χ2n) is 5.21. The van der Waals surface area contributed by atoms with Gasteiger partial charge < -0.3 is 14.6 Å². The first-order chi connectivity index (χ1) is 11.3. The molecule has 5 heteroatoms. The number of aliphatic hydroxyl groups is 1. The van der Waals surface area contributed by atoms with Gasteiger partial charge in [-0.1, -0.05) is 12.1 Å². The van der Waals surface area contributed by atoms with Gasteiger partial charge in [0, 0.05) is 32.0 Å². The summed E-state index contributed by atoms with van der Waals surface area (Å²) in [5.41, 5.74) is 2.24. The maximum Gasteiger partial charge on any atom is 0.161 e. The SMILES string of the molecule is CCOc1ccc(CN(CCO)Cc2cccnc2)cc1OC. The molecule has 2 aromatic rings. The Morgan fingerprint density at radius 3 is 2.61 bits per heavy atom. The number of benzene rings is 1. The molecule has 0 aliphatic heterocycles. The minimum Gasteiger partial charge on any atom is -0.493 e. The predicted octanol–water partition coefficient (Wildman–Crippen LogP) is 2.48. The van der Waals surface area contributed by atoms with Crippen molar-refractivity contribution in [3.8, 4) is 11.5 Å². The number of hydrogen-bond acceptors (Lipinski definition) is 5. The molecule has 1 aromatic heterocycles. The van der Waals surface area contributed by atoms with Gasteiger partial charge in [0.05, 0.1) is 20.3 Å². The molecule has 0 atom stereocenters. The van der Waals surface area contributed by atoms with Gasteiger partial charge in [-0.15, -0.1) is 0 Å². The zero-order chi connectivity index (χ0) is 16.5. The molecule has 0 aliphatic rings. The fraction of sp³-hybridized carbons (Fsp3) is 0.389. The Kier molecular flexibility index (Phi) is 6.84. The van der Waals surface area contributed by atoms with E-state index in [-0.39, 0.29) is 6.61 Å². The largest absolute Gasteiger partial charge is 0.493 e. The van der Waals surface area contributed by atoms with Crippen molar-refractivity contribution in [1.29, 1.82) is 0 Å². The van der Waals surface area contributed by atoms with Crippen LogP contribution >= 0.6 is 0 Å². The van der Waals surface area contributed by atoms with Crippen LogP contribution in [0.25, 0.3) is 0 Å². The molecule has 0 bridgehead atoms. The van der Waals surface area contributed by atoms with E-state index in [9.17, 15) is 5.11 Å². The van der Waals surface area contributed by atoms with E-state index in [0.29, 0.717) is 13.2 Å². The van der Waals surface area contributed by atoms with Gasteiger partial charge >= 0.3 is 0 Å². The average Bonchev–Trinajstić information content (AvgIpc) is 2.57. The van der Waals surface area contributed by atoms with E-state index in [1.54, 1.807) is 13.3 Å². The summed E-state index contributed by atoms with van der Waals surface area (Å²) in [6.07, 6.45) is 3.61. The fourth-order valence-electron chi connectivity index (χ4n) is 2.45. The van der Waals surface area contributed by atoms with Crippen LogP contribution in [0.5, 0.6) is 11.5 Å². The van der Waals surface area contributed by atoms with Gasteiger partial charge in [-0.25, -0.2) is 0 Å². The van der Waals surface area contributed by atoms with Crippen LogP contribution in [0, 0.1) is 0 Å². The van der Waals surface area contributed by atoms with Crippen LogP contribution in [-0.4, -0.2) is 41.9 Å². The number of methoxy groups -OCH3 is 1. The lowest BCUT2D eigenvalue weighted by Crippen LogP contribution is -2.26. The van der Waals surface area contributed by atoms with Crippen LogP contribution in [-0.2, 0) is 13.1 Å². The van der Waals surface area contributed by atoms with Gasteiger partial charge in [0.25, 0.3) is 0 Å². The summed E-state index contributed by atoms with van der Waals surface area (Å²) >= 11 is 0. The fourth-order valence-corrected chi connectivity index (χ4v) is 2.45. The molecule has 0 unspecified atom stereocenters. The van der Waals surface area contributed by atoms with Gasteiger partial charge in [-0.05, 0) is 36.2 Å². The van der Waals surface area contributed by atoms with Crippen molar-refractivity contribution in [3.63, 3.8) is 0 Å². The number of rotatable bonds is 9. The topological polar surface area (TPSA) is 54.8 Å². The van der Waals surface area contributed by atoms with Crippen molar-refractivity contribution in [2.24, 2.45) is 0 Å². The second kappa shape index (κ2) is 9.12. The van der Waals surface area contributed by atoms with Crippen molar-refractivity contribution < 1.29 is 14.6 Å². The molecule has 124 valence electrons. The molecule has 0 saturated heterocycles. The monoisotopic (exact) mass is 316 g/mol. The molecule has 1 heterocycles. The number of pyridine rings is 1. The van der Waals surface area contributed by atoms with Crippen LogP contribution < -0.4 is 9.47 Å². The highest BCUT2D eigenvalue weighted by molar-refractivity contribution is 5.43. The smallest absolute Gasteiger partial charge is 0.161 e. The Balaban J connectivity index is 2.10. The summed E-state index contributed by atoms with van der Waals surface area (Å²) in [7, 11) is 1.64. The molecule has 0 aliphatic carbocycles. The average molecular weight is 316 g/mol. The highest BCUT2D eigenvalue weighted by Gasteiger charge is 2.10. The van der Waals surface area contributed by atoms with Crippen LogP contribution in [0.2, 0.25) is 0 Å². The van der Waals surface area contributed by atoms with Gasteiger partial charge in [0.15, 0.2) is 11.5 Å². The normalized spacial score (nSPS) is 10.8. The van der Waals surface area contributed by atoms with E-state index in [2.05, 4.69) is 9.88 Å². The summed E-state index contributed by atoms with van der Waals surface area (Å²) in [6.45, 7) is 4.73. The van der Waals surface area contributed by atoms with Gasteiger partial charge in [0.2, 0.25) is 0 Å². The molecule has 0 saturated carbocycles. The van der Waals surface area contributed by atoms with E-state index in [4.69, 9.17) is 9.47 Å². The van der Waals surface area contributed by atoms with Crippen LogP contribution in [0.4, 0.5) is 0 Å². The Labute approximate surface area is 137 Å². The molecule has 1 aromatic carbocycles. The van der Waals surface area contributed by atoms with E-state index < -0.39 is 0 Å². The minimum atomic E-state index is 0.119. The number of aromatic nitrogens is 1. The van der Waals surface area contributed by atoms with Crippen LogP contribution in [0.15, 0.2) is 42.7 Å². The van der Waals surface area contributed by atoms with Gasteiger partial charge in [-0.3, -0.25) is 9.88 Å². The van der Waals surface area contributed by atoms with E-state index in [0.717, 1.165) is 35.7 Å². The summed E-state index contributed by atoms with van der Waals surface area (Å²) < 4.78 is 10.9. The molecular weight excluding hydrogens is 292 g/mol. The maximum atomic E-state index is 9.31. The molecule has 0 spiro atoms. The first-order valence-corrected chi connectivity index (χ1v) is 7.78. The third-order valence-electron chi connectivity index (χ3n) is 3.48. The molecule has 0 amide bonds. The Hall–Kier alpha value is -2.11. The number of nitrogens with zero attached hydrogens (tertiary/aromatic N) is 2. The molecule has 0 radical (unpaired) electrons.